The minimum Gasteiger partial charge on any atom is -0.496 e. The minimum atomic E-state index is -1.27. The maximum Gasteiger partial charge on any atom is 0.338 e. The van der Waals surface area contributed by atoms with Crippen LogP contribution < -0.4 is 4.74 Å². The van der Waals surface area contributed by atoms with Gasteiger partial charge in [-0.05, 0) is 60.4 Å². The number of aryl methyl sites for hydroxylation is 2. The Morgan fingerprint density at radius 3 is 2.45 bits per heavy atom. The van der Waals surface area contributed by atoms with Crippen molar-refractivity contribution in [3.8, 4) is 16.9 Å². The Morgan fingerprint density at radius 1 is 1.15 bits per heavy atom. The van der Waals surface area contributed by atoms with Crippen LogP contribution in [0, 0.1) is 19.7 Å². The fourth-order valence-electron chi connectivity index (χ4n) is 2.18. The van der Waals surface area contributed by atoms with Crippen molar-refractivity contribution in [1.82, 2.24) is 0 Å². The van der Waals surface area contributed by atoms with Crippen LogP contribution >= 0.6 is 0 Å². The molecule has 0 aliphatic carbocycles. The summed E-state index contributed by atoms with van der Waals surface area (Å²) in [6.45, 7) is 3.81. The summed E-state index contributed by atoms with van der Waals surface area (Å²) in [4.78, 5) is 11.0. The first-order valence-electron chi connectivity index (χ1n) is 6.12. The first-order chi connectivity index (χ1) is 9.43. The standard InChI is InChI=1S/C16H15FO3/c1-9-7-15(20-3)10(2)6-12(9)11-4-5-14(17)13(8-11)16(18)19/h4-8H,1-3H3,(H,18,19). The molecule has 0 aromatic heterocycles. The molecule has 4 heteroatoms. The molecule has 104 valence electrons. The summed E-state index contributed by atoms with van der Waals surface area (Å²) in [5.74, 6) is -1.23. The number of aromatic carboxylic acids is 1. The molecule has 0 aliphatic heterocycles. The first kappa shape index (κ1) is 14.1. The summed E-state index contributed by atoms with van der Waals surface area (Å²) in [5.41, 5.74) is 3.10. The van der Waals surface area contributed by atoms with Crippen LogP contribution in [0.15, 0.2) is 30.3 Å². The van der Waals surface area contributed by atoms with Crippen LogP contribution in [-0.2, 0) is 0 Å². The van der Waals surface area contributed by atoms with E-state index in [0.717, 1.165) is 22.4 Å². The van der Waals surface area contributed by atoms with E-state index in [0.29, 0.717) is 5.56 Å². The van der Waals surface area contributed by atoms with Crippen LogP contribution in [0.3, 0.4) is 0 Å². The molecule has 2 aromatic carbocycles. The highest BCUT2D eigenvalue weighted by atomic mass is 19.1. The minimum absolute atomic E-state index is 0.324. The van der Waals surface area contributed by atoms with Gasteiger partial charge in [-0.25, -0.2) is 9.18 Å². The van der Waals surface area contributed by atoms with E-state index < -0.39 is 11.8 Å². The number of carboxylic acid groups (broad SMARTS) is 1. The van der Waals surface area contributed by atoms with E-state index in [2.05, 4.69) is 0 Å². The first-order valence-corrected chi connectivity index (χ1v) is 6.12. The van der Waals surface area contributed by atoms with E-state index >= 15 is 0 Å². The Bertz CT molecular complexity index is 678. The normalized spacial score (nSPS) is 10.4. The van der Waals surface area contributed by atoms with Crippen LogP contribution in [0.5, 0.6) is 5.75 Å². The molecule has 2 aromatic rings. The predicted molar refractivity (Wildman–Crippen MR) is 74.8 cm³/mol. The highest BCUT2D eigenvalue weighted by Gasteiger charge is 2.13. The molecule has 0 fully saturated rings. The fourth-order valence-corrected chi connectivity index (χ4v) is 2.18. The monoisotopic (exact) mass is 274 g/mol. The smallest absolute Gasteiger partial charge is 0.338 e. The van der Waals surface area contributed by atoms with Gasteiger partial charge in [0.1, 0.15) is 11.6 Å². The van der Waals surface area contributed by atoms with Crippen LogP contribution in [0.25, 0.3) is 11.1 Å². The third-order valence-electron chi connectivity index (χ3n) is 3.25. The van der Waals surface area contributed by atoms with Crippen molar-refractivity contribution in [3.05, 3.63) is 52.8 Å². The molecule has 3 nitrogen and oxygen atoms in total. The van der Waals surface area contributed by atoms with Crippen molar-refractivity contribution < 1.29 is 19.0 Å². The van der Waals surface area contributed by atoms with Crippen molar-refractivity contribution in [2.45, 2.75) is 13.8 Å². The Labute approximate surface area is 116 Å². The Balaban J connectivity index is 2.60. The lowest BCUT2D eigenvalue weighted by Crippen LogP contribution is -2.01. The second-order valence-electron chi connectivity index (χ2n) is 4.64. The Hall–Kier alpha value is -2.36. The molecule has 0 radical (unpaired) electrons. The largest absolute Gasteiger partial charge is 0.496 e. The molecule has 0 bridgehead atoms. The van der Waals surface area contributed by atoms with Crippen molar-refractivity contribution in [3.63, 3.8) is 0 Å². The molecule has 0 saturated carbocycles. The molecule has 1 N–H and O–H groups in total. The molecule has 0 spiro atoms. The van der Waals surface area contributed by atoms with E-state index in [4.69, 9.17) is 9.84 Å². The van der Waals surface area contributed by atoms with Crippen LogP contribution in [-0.4, -0.2) is 18.2 Å². The summed E-state index contributed by atoms with van der Waals surface area (Å²) in [6, 6.07) is 7.90. The average molecular weight is 274 g/mol. The summed E-state index contributed by atoms with van der Waals surface area (Å²) in [5, 5.41) is 8.98. The van der Waals surface area contributed by atoms with Crippen LogP contribution in [0.1, 0.15) is 21.5 Å². The number of benzene rings is 2. The van der Waals surface area contributed by atoms with E-state index in [9.17, 15) is 9.18 Å². The summed E-state index contributed by atoms with van der Waals surface area (Å²) in [7, 11) is 1.60. The molecule has 20 heavy (non-hydrogen) atoms. The van der Waals surface area contributed by atoms with Gasteiger partial charge >= 0.3 is 5.97 Å². The number of carboxylic acids is 1. The predicted octanol–water partition coefficient (Wildman–Crippen LogP) is 3.82. The molecule has 0 heterocycles. The molecular formula is C16H15FO3. The highest BCUT2D eigenvalue weighted by Crippen LogP contribution is 2.31. The molecule has 0 atom stereocenters. The molecule has 0 amide bonds. The SMILES string of the molecule is COc1cc(C)c(-c2ccc(F)c(C(=O)O)c2)cc1C. The molecule has 0 saturated heterocycles. The van der Waals surface area contributed by atoms with Crippen molar-refractivity contribution in [1.29, 1.82) is 0 Å². The van der Waals surface area contributed by atoms with Gasteiger partial charge in [0.15, 0.2) is 0 Å². The van der Waals surface area contributed by atoms with E-state index in [1.54, 1.807) is 13.2 Å². The van der Waals surface area contributed by atoms with Crippen molar-refractivity contribution >= 4 is 5.97 Å². The van der Waals surface area contributed by atoms with Gasteiger partial charge in [-0.15, -0.1) is 0 Å². The van der Waals surface area contributed by atoms with Crippen LogP contribution in [0.2, 0.25) is 0 Å². The van der Waals surface area contributed by atoms with Gasteiger partial charge < -0.3 is 9.84 Å². The molecular weight excluding hydrogens is 259 g/mol. The van der Waals surface area contributed by atoms with E-state index in [1.165, 1.54) is 12.1 Å². The molecule has 0 aliphatic rings. The summed E-state index contributed by atoms with van der Waals surface area (Å²) < 4.78 is 18.7. The third kappa shape index (κ3) is 2.50. The number of carbonyl (C=O) groups is 1. The maximum absolute atomic E-state index is 13.4. The van der Waals surface area contributed by atoms with Gasteiger partial charge in [-0.2, -0.15) is 0 Å². The lowest BCUT2D eigenvalue weighted by atomic mass is 9.96. The highest BCUT2D eigenvalue weighted by molar-refractivity contribution is 5.90. The van der Waals surface area contributed by atoms with Gasteiger partial charge in [0.25, 0.3) is 0 Å². The third-order valence-corrected chi connectivity index (χ3v) is 3.25. The van der Waals surface area contributed by atoms with Crippen molar-refractivity contribution in [2.24, 2.45) is 0 Å². The number of halogens is 1. The van der Waals surface area contributed by atoms with Gasteiger partial charge in [0.05, 0.1) is 12.7 Å². The number of hydrogen-bond acceptors (Lipinski definition) is 2. The van der Waals surface area contributed by atoms with Crippen molar-refractivity contribution in [2.75, 3.05) is 7.11 Å². The second kappa shape index (κ2) is 5.33. The molecule has 0 unspecified atom stereocenters. The van der Waals surface area contributed by atoms with Gasteiger partial charge in [-0.1, -0.05) is 6.07 Å². The maximum atomic E-state index is 13.4. The van der Waals surface area contributed by atoms with E-state index in [1.807, 2.05) is 26.0 Å². The van der Waals surface area contributed by atoms with E-state index in [-0.39, 0.29) is 5.56 Å². The quantitative estimate of drug-likeness (QED) is 0.925. The van der Waals surface area contributed by atoms with Gasteiger partial charge in [-0.3, -0.25) is 0 Å². The Kier molecular flexibility index (Phi) is 3.74. The fraction of sp³-hybridized carbons (Fsp3) is 0.188. The lowest BCUT2D eigenvalue weighted by Gasteiger charge is -2.12. The second-order valence-corrected chi connectivity index (χ2v) is 4.64. The Morgan fingerprint density at radius 2 is 1.85 bits per heavy atom. The summed E-state index contributed by atoms with van der Waals surface area (Å²) >= 11 is 0. The number of methoxy groups -OCH3 is 1. The van der Waals surface area contributed by atoms with Gasteiger partial charge in [0, 0.05) is 0 Å². The zero-order chi connectivity index (χ0) is 14.9. The topological polar surface area (TPSA) is 46.5 Å². The van der Waals surface area contributed by atoms with Gasteiger partial charge in [0.2, 0.25) is 0 Å². The summed E-state index contributed by atoms with van der Waals surface area (Å²) in [6.07, 6.45) is 0. The zero-order valence-corrected chi connectivity index (χ0v) is 11.5. The lowest BCUT2D eigenvalue weighted by molar-refractivity contribution is 0.0692. The number of ether oxygens (including phenoxy) is 1. The number of rotatable bonds is 3. The number of hydrogen-bond donors (Lipinski definition) is 1. The van der Waals surface area contributed by atoms with Crippen LogP contribution in [0.4, 0.5) is 4.39 Å². The average Bonchev–Trinajstić information content (AvgIpc) is 2.41. The zero-order valence-electron chi connectivity index (χ0n) is 11.5. The molecule has 2 rings (SSSR count).